The average molecular weight is 1100 g/mol. The molecular weight excluding hydrogens is 978 g/mol. The highest BCUT2D eigenvalue weighted by atomic mass is 31.2. The fraction of sp³-hybridized carbons (Fsp3) is 0.821. The first-order valence-electron chi connectivity index (χ1n) is 32.5. The molecule has 0 spiro atoms. The zero-order valence-electron chi connectivity index (χ0n) is 51.2. The highest BCUT2D eigenvalue weighted by Crippen LogP contribution is 2.43. The van der Waals surface area contributed by atoms with Crippen molar-refractivity contribution in [1.29, 1.82) is 0 Å². The molecule has 0 radical (unpaired) electrons. The van der Waals surface area contributed by atoms with Gasteiger partial charge in [0.15, 0.2) is 6.10 Å². The van der Waals surface area contributed by atoms with Crippen LogP contribution in [-0.4, -0.2) is 74.9 Å². The van der Waals surface area contributed by atoms with Crippen molar-refractivity contribution in [2.45, 2.75) is 309 Å². The van der Waals surface area contributed by atoms with Crippen LogP contribution in [0.1, 0.15) is 303 Å². The summed E-state index contributed by atoms with van der Waals surface area (Å²) in [7, 11) is 1.49. The number of quaternary nitrogens is 1. The summed E-state index contributed by atoms with van der Waals surface area (Å²) in [6, 6.07) is 0. The fourth-order valence-electron chi connectivity index (χ4n) is 9.34. The van der Waals surface area contributed by atoms with Crippen LogP contribution in [0, 0.1) is 0 Å². The molecule has 0 saturated carbocycles. The summed E-state index contributed by atoms with van der Waals surface area (Å²) in [5, 5.41) is 0. The number of phosphoric acid groups is 1. The summed E-state index contributed by atoms with van der Waals surface area (Å²) in [5.41, 5.74) is 0. The number of carbonyl (C=O) groups is 2. The van der Waals surface area contributed by atoms with Crippen molar-refractivity contribution < 1.29 is 42.1 Å². The Balaban J connectivity index is 4.06. The van der Waals surface area contributed by atoms with Gasteiger partial charge in [0.1, 0.15) is 19.8 Å². The molecule has 0 aliphatic heterocycles. The molecule has 0 aromatic carbocycles. The largest absolute Gasteiger partial charge is 0.472 e. The Morgan fingerprint density at radius 1 is 0.416 bits per heavy atom. The van der Waals surface area contributed by atoms with Gasteiger partial charge in [-0.3, -0.25) is 18.6 Å². The fourth-order valence-corrected chi connectivity index (χ4v) is 10.1. The van der Waals surface area contributed by atoms with Gasteiger partial charge in [-0.05, 0) is 57.8 Å². The molecule has 0 aromatic rings. The van der Waals surface area contributed by atoms with Crippen LogP contribution < -0.4 is 0 Å². The number of ether oxygens (including phenoxy) is 2. The summed E-state index contributed by atoms with van der Waals surface area (Å²) >= 11 is 0. The maximum Gasteiger partial charge on any atom is 0.472 e. The van der Waals surface area contributed by atoms with E-state index in [1.807, 2.05) is 21.1 Å². The van der Waals surface area contributed by atoms with Crippen molar-refractivity contribution in [3.05, 3.63) is 60.8 Å². The summed E-state index contributed by atoms with van der Waals surface area (Å²) in [6.07, 6.45) is 75.9. The first-order valence-corrected chi connectivity index (χ1v) is 34.0. The van der Waals surface area contributed by atoms with E-state index in [0.29, 0.717) is 23.9 Å². The number of hydrogen-bond acceptors (Lipinski definition) is 7. The van der Waals surface area contributed by atoms with Gasteiger partial charge >= 0.3 is 19.8 Å². The average Bonchev–Trinajstić information content (AvgIpc) is 3.39. The number of rotatable bonds is 60. The SMILES string of the molecule is CC/C=C\C/C=C\C/C=C\C/C=C\C/C=C\CCCCCCCCCCCCCCCCCC(=O)OC(COC(=O)CCCCCCCCCCCCCCCCCCCCCCCC)COP(=O)(O)OCC[N+](C)(C)C. The van der Waals surface area contributed by atoms with Gasteiger partial charge in [-0.2, -0.15) is 0 Å². The molecule has 450 valence electrons. The molecule has 2 unspecified atom stereocenters. The normalized spacial score (nSPS) is 13.6. The Hall–Kier alpha value is -2.29. The molecule has 10 heteroatoms. The lowest BCUT2D eigenvalue weighted by molar-refractivity contribution is -0.870. The highest BCUT2D eigenvalue weighted by molar-refractivity contribution is 7.47. The molecule has 0 heterocycles. The predicted octanol–water partition coefficient (Wildman–Crippen LogP) is 20.7. The van der Waals surface area contributed by atoms with Gasteiger partial charge in [0, 0.05) is 12.8 Å². The Morgan fingerprint density at radius 2 is 0.740 bits per heavy atom. The molecule has 0 rings (SSSR count). The first kappa shape index (κ1) is 74.7. The first-order chi connectivity index (χ1) is 37.5. The summed E-state index contributed by atoms with van der Waals surface area (Å²) in [6.45, 7) is 4.37. The van der Waals surface area contributed by atoms with E-state index in [0.717, 1.165) is 64.2 Å². The second-order valence-corrected chi connectivity index (χ2v) is 24.6. The van der Waals surface area contributed by atoms with Crippen molar-refractivity contribution in [3.63, 3.8) is 0 Å². The van der Waals surface area contributed by atoms with Crippen LogP contribution in [0.15, 0.2) is 60.8 Å². The van der Waals surface area contributed by atoms with Gasteiger partial charge in [0.2, 0.25) is 0 Å². The number of carbonyl (C=O) groups excluding carboxylic acids is 2. The van der Waals surface area contributed by atoms with Crippen molar-refractivity contribution >= 4 is 19.8 Å². The Bertz CT molecular complexity index is 1480. The number of likely N-dealkylation sites (N-methyl/N-ethyl adjacent to an activating group) is 1. The molecule has 0 saturated heterocycles. The van der Waals surface area contributed by atoms with Crippen molar-refractivity contribution in [3.8, 4) is 0 Å². The van der Waals surface area contributed by atoms with E-state index in [1.54, 1.807) is 0 Å². The van der Waals surface area contributed by atoms with Gasteiger partial charge in [-0.15, -0.1) is 0 Å². The van der Waals surface area contributed by atoms with Crippen molar-refractivity contribution in [2.24, 2.45) is 0 Å². The lowest BCUT2D eigenvalue weighted by Crippen LogP contribution is -2.37. The van der Waals surface area contributed by atoms with Crippen LogP contribution in [0.3, 0.4) is 0 Å². The number of nitrogens with zero attached hydrogens (tertiary/aromatic N) is 1. The molecule has 2 atom stereocenters. The van der Waals surface area contributed by atoms with Gasteiger partial charge in [0.05, 0.1) is 27.7 Å². The van der Waals surface area contributed by atoms with Gasteiger partial charge < -0.3 is 18.9 Å². The maximum absolute atomic E-state index is 12.9. The third-order valence-corrected chi connectivity index (χ3v) is 15.3. The third-order valence-electron chi connectivity index (χ3n) is 14.3. The minimum atomic E-state index is -4.39. The van der Waals surface area contributed by atoms with Crippen LogP contribution >= 0.6 is 7.82 Å². The molecule has 0 amide bonds. The van der Waals surface area contributed by atoms with Crippen molar-refractivity contribution in [2.75, 3.05) is 47.5 Å². The Labute approximate surface area is 476 Å². The highest BCUT2D eigenvalue weighted by Gasteiger charge is 2.27. The number of phosphoric ester groups is 1. The minimum Gasteiger partial charge on any atom is -0.462 e. The van der Waals surface area contributed by atoms with Crippen LogP contribution in [-0.2, 0) is 32.7 Å². The van der Waals surface area contributed by atoms with Crippen LogP contribution in [0.5, 0.6) is 0 Å². The second kappa shape index (κ2) is 58.4. The summed E-state index contributed by atoms with van der Waals surface area (Å²) < 4.78 is 34.7. The van der Waals surface area contributed by atoms with E-state index < -0.39 is 26.5 Å². The number of hydrogen-bond donors (Lipinski definition) is 1. The number of esters is 2. The monoisotopic (exact) mass is 1100 g/mol. The summed E-state index contributed by atoms with van der Waals surface area (Å²) in [5.74, 6) is -0.783. The van der Waals surface area contributed by atoms with E-state index in [1.165, 1.54) is 205 Å². The third kappa shape index (κ3) is 62.8. The molecule has 0 aromatic heterocycles. The molecule has 0 aliphatic rings. The second-order valence-electron chi connectivity index (χ2n) is 23.1. The van der Waals surface area contributed by atoms with E-state index in [-0.39, 0.29) is 25.6 Å². The maximum atomic E-state index is 12.9. The van der Waals surface area contributed by atoms with E-state index >= 15 is 0 Å². The molecule has 1 N–H and O–H groups in total. The van der Waals surface area contributed by atoms with Gasteiger partial charge in [0.25, 0.3) is 0 Å². The molecule has 77 heavy (non-hydrogen) atoms. The van der Waals surface area contributed by atoms with Gasteiger partial charge in [-0.1, -0.05) is 293 Å². The van der Waals surface area contributed by atoms with Crippen molar-refractivity contribution in [1.82, 2.24) is 0 Å². The molecule has 0 aliphatic carbocycles. The van der Waals surface area contributed by atoms with Gasteiger partial charge in [-0.25, -0.2) is 4.57 Å². The standard InChI is InChI=1S/C67H124NO8P/c1-6-8-10-12-14-16-18-20-22-24-26-28-30-31-32-33-34-35-36-37-38-40-42-44-46-48-50-52-54-56-58-60-67(70)76-65(64-75-77(71,72)74-62-61-68(3,4)5)63-73-66(69)59-57-55-53-51-49-47-45-43-41-39-29-27-25-23-21-19-17-15-13-11-9-7-2/h8,10,14,16,20,22,26,28,31-32,65H,6-7,9,11-13,15,17-19,21,23-25,27,29-30,33-64H2,1-5H3/p+1/b10-8-,16-14-,22-20-,28-26-,32-31-. The Morgan fingerprint density at radius 3 is 1.10 bits per heavy atom. The zero-order valence-corrected chi connectivity index (χ0v) is 52.1. The number of unbranched alkanes of at least 4 members (excludes halogenated alkanes) is 36. The lowest BCUT2D eigenvalue weighted by atomic mass is 10.0. The zero-order chi connectivity index (χ0) is 56.3. The van der Waals surface area contributed by atoms with E-state index in [9.17, 15) is 19.0 Å². The lowest BCUT2D eigenvalue weighted by Gasteiger charge is -2.24. The van der Waals surface area contributed by atoms with Crippen LogP contribution in [0.2, 0.25) is 0 Å². The number of allylic oxidation sites excluding steroid dienone is 10. The molecule has 9 nitrogen and oxygen atoms in total. The molecular formula is C67H125NO8P+. The minimum absolute atomic E-state index is 0.0327. The predicted molar refractivity (Wildman–Crippen MR) is 330 cm³/mol. The van der Waals surface area contributed by atoms with Crippen LogP contribution in [0.4, 0.5) is 0 Å². The smallest absolute Gasteiger partial charge is 0.462 e. The topological polar surface area (TPSA) is 108 Å². The van der Waals surface area contributed by atoms with E-state index in [2.05, 4.69) is 74.6 Å². The quantitative estimate of drug-likeness (QED) is 0.0211. The molecule has 0 fully saturated rings. The van der Waals surface area contributed by atoms with Crippen LogP contribution in [0.25, 0.3) is 0 Å². The summed E-state index contributed by atoms with van der Waals surface area (Å²) in [4.78, 5) is 35.8. The Kier molecular flexibility index (Phi) is 56.6. The van der Waals surface area contributed by atoms with E-state index in [4.69, 9.17) is 18.5 Å². The molecule has 0 bridgehead atoms.